The van der Waals surface area contributed by atoms with Crippen molar-refractivity contribution >= 4 is 67.5 Å². The Morgan fingerprint density at radius 1 is 0.507 bits per heavy atom. The van der Waals surface area contributed by atoms with E-state index in [2.05, 4.69) is 50.0 Å². The first kappa shape index (κ1) is 50.8. The van der Waals surface area contributed by atoms with Gasteiger partial charge in [0.2, 0.25) is 0 Å². The zero-order chi connectivity index (χ0) is 49.4. The number of hydrogen-bond donors (Lipinski definition) is 5. The summed E-state index contributed by atoms with van der Waals surface area (Å²) in [4.78, 5) is 32.7. The van der Waals surface area contributed by atoms with E-state index in [1.165, 1.54) is 29.7 Å². The number of carbonyl (C=O) groups excluding carboxylic acids is 1. The van der Waals surface area contributed by atoms with E-state index in [0.717, 1.165) is 118 Å². The number of amides is 1. The smallest absolute Gasteiger partial charge is 0.335 e. The molecule has 0 spiro atoms. The van der Waals surface area contributed by atoms with Crippen LogP contribution < -0.4 is 31.5 Å². The summed E-state index contributed by atoms with van der Waals surface area (Å²) < 4.78 is 48.9. The van der Waals surface area contributed by atoms with Crippen molar-refractivity contribution in [2.45, 2.75) is 0 Å². The summed E-state index contributed by atoms with van der Waals surface area (Å²) in [5.41, 5.74) is 11.3. The Kier molecular flexibility index (Phi) is 18.2. The maximum atomic E-state index is 14.4. The van der Waals surface area contributed by atoms with E-state index in [1.807, 2.05) is 58.3 Å². The van der Waals surface area contributed by atoms with Gasteiger partial charge in [0.05, 0.1) is 58.4 Å². The van der Waals surface area contributed by atoms with Gasteiger partial charge in [-0.3, -0.25) is 14.6 Å². The summed E-state index contributed by atoms with van der Waals surface area (Å²) in [6.07, 6.45) is 0. The van der Waals surface area contributed by atoms with Gasteiger partial charge in [-0.25, -0.2) is 13.6 Å². The second-order valence-electron chi connectivity index (χ2n) is 17.6. The number of carbonyl (C=O) groups is 2. The van der Waals surface area contributed by atoms with E-state index < -0.39 is 17.6 Å². The second kappa shape index (κ2) is 25.5. The summed E-state index contributed by atoms with van der Waals surface area (Å²) in [5.74, 6) is -2.41. The van der Waals surface area contributed by atoms with Crippen molar-refractivity contribution in [1.82, 2.24) is 9.80 Å². The van der Waals surface area contributed by atoms with Gasteiger partial charge in [-0.15, -0.1) is 0 Å². The fourth-order valence-corrected chi connectivity index (χ4v) is 8.99. The zero-order valence-electron chi connectivity index (χ0n) is 40.1. The predicted molar refractivity (Wildman–Crippen MR) is 278 cm³/mol. The number of carboxylic acids is 1. The summed E-state index contributed by atoms with van der Waals surface area (Å²) in [7, 11) is 0. The quantitative estimate of drug-likeness (QED) is 0.0730. The summed E-state index contributed by atoms with van der Waals surface area (Å²) in [6, 6.07) is 32.5. The largest absolute Gasteiger partial charge is 0.478 e. The third kappa shape index (κ3) is 14.3. The minimum Gasteiger partial charge on any atom is -0.478 e. The molecule has 0 aromatic heterocycles. The van der Waals surface area contributed by atoms with Crippen LogP contribution in [0.4, 0.5) is 42.9 Å². The first-order valence-corrected chi connectivity index (χ1v) is 24.4. The topological polar surface area (TPSA) is 166 Å². The van der Waals surface area contributed by atoms with Crippen molar-refractivity contribution in [3.8, 4) is 0 Å². The molecule has 4 aliphatic heterocycles. The Morgan fingerprint density at radius 3 is 1.39 bits per heavy atom. The molecule has 6 aromatic rings. The normalized spacial score (nSPS) is 16.6. The lowest BCUT2D eigenvalue weighted by molar-refractivity contribution is 0.0398. The number of benzene rings is 6. The van der Waals surface area contributed by atoms with Crippen molar-refractivity contribution in [2.24, 2.45) is 0 Å². The minimum absolute atomic E-state index is 0.0264. The Balaban J connectivity index is 0.000000158. The standard InChI is InChI=1S/C27H31FN4O3.C16H21N3O.C11H12FNO3/c28-21-17-20(18-22(19-21)32-11-15-35-16-12-32)27(33)30-26-6-5-25(23-3-1-2-4-24(23)26)29-7-8-31-9-13-34-14-10-31;17-15-5-6-16(14-4-2-1-3-13(14)15)18-7-8-19-9-11-20-12-10-19;12-9-5-8(11(14)15)6-10(7-9)13-1-3-16-4-2-13/h1-6,17-19,29H,7-16H2,(H,30,33);1-6,18H,7-12,17H2;5-7H,1-4H2,(H,14,15). The van der Waals surface area contributed by atoms with Crippen LogP contribution in [0.25, 0.3) is 21.5 Å². The number of nitrogen functional groups attached to an aromatic ring is 1. The van der Waals surface area contributed by atoms with E-state index in [-0.39, 0.29) is 11.5 Å². The molecule has 4 fully saturated rings. The monoisotopic (exact) mass is 974 g/mol. The first-order valence-electron chi connectivity index (χ1n) is 24.4. The number of nitrogens with two attached hydrogens (primary N) is 1. The van der Waals surface area contributed by atoms with Gasteiger partial charge in [-0.2, -0.15) is 0 Å². The number of morpholine rings is 4. The van der Waals surface area contributed by atoms with Crippen LogP contribution in [0.2, 0.25) is 0 Å². The summed E-state index contributed by atoms with van der Waals surface area (Å²) >= 11 is 0. The van der Waals surface area contributed by atoms with Crippen molar-refractivity contribution in [2.75, 3.05) is 163 Å². The maximum absolute atomic E-state index is 14.4. The van der Waals surface area contributed by atoms with Gasteiger partial charge in [0.25, 0.3) is 5.91 Å². The average molecular weight is 975 g/mol. The minimum atomic E-state index is -1.12. The lowest BCUT2D eigenvalue weighted by atomic mass is 10.1. The molecular weight excluding hydrogens is 911 g/mol. The Hall–Kier alpha value is -6.60. The van der Waals surface area contributed by atoms with Crippen molar-refractivity contribution in [3.63, 3.8) is 0 Å². The molecule has 0 bridgehead atoms. The Morgan fingerprint density at radius 2 is 0.901 bits per heavy atom. The van der Waals surface area contributed by atoms with E-state index >= 15 is 0 Å². The van der Waals surface area contributed by atoms with Gasteiger partial charge in [0, 0.05) is 140 Å². The van der Waals surface area contributed by atoms with Gasteiger partial charge in [0.15, 0.2) is 0 Å². The van der Waals surface area contributed by atoms with Gasteiger partial charge >= 0.3 is 5.97 Å². The highest BCUT2D eigenvalue weighted by molar-refractivity contribution is 6.11. The van der Waals surface area contributed by atoms with Crippen LogP contribution in [-0.2, 0) is 18.9 Å². The van der Waals surface area contributed by atoms with Crippen molar-refractivity contribution in [3.05, 3.63) is 132 Å². The molecule has 17 heteroatoms. The number of ether oxygens (including phenoxy) is 4. The zero-order valence-corrected chi connectivity index (χ0v) is 40.1. The molecule has 71 heavy (non-hydrogen) atoms. The molecule has 4 saturated heterocycles. The summed E-state index contributed by atoms with van der Waals surface area (Å²) in [5, 5.41) is 23.1. The molecule has 6 aromatic carbocycles. The third-order valence-electron chi connectivity index (χ3n) is 12.9. The van der Waals surface area contributed by atoms with E-state index in [4.69, 9.17) is 29.8 Å². The number of nitrogens with one attached hydrogen (secondary N) is 3. The fourth-order valence-electron chi connectivity index (χ4n) is 8.99. The number of halogens is 2. The number of aromatic carboxylic acids is 1. The van der Waals surface area contributed by atoms with Crippen LogP contribution in [0.3, 0.4) is 0 Å². The first-order chi connectivity index (χ1) is 34.7. The number of nitrogens with zero attached hydrogens (tertiary/aromatic N) is 4. The van der Waals surface area contributed by atoms with Gasteiger partial charge in [-0.05, 0) is 60.7 Å². The highest BCUT2D eigenvalue weighted by Gasteiger charge is 2.19. The number of fused-ring (bicyclic) bond motifs is 2. The molecule has 0 atom stereocenters. The molecular formula is C54H64F2N8O7. The molecule has 0 aliphatic carbocycles. The highest BCUT2D eigenvalue weighted by atomic mass is 19.1. The highest BCUT2D eigenvalue weighted by Crippen LogP contribution is 2.32. The molecule has 10 rings (SSSR count). The molecule has 0 radical (unpaired) electrons. The van der Waals surface area contributed by atoms with Crippen LogP contribution in [0.5, 0.6) is 0 Å². The van der Waals surface area contributed by atoms with Crippen molar-refractivity contribution < 1.29 is 42.4 Å². The average Bonchev–Trinajstić information content (AvgIpc) is 3.41. The third-order valence-corrected chi connectivity index (χ3v) is 12.9. The van der Waals surface area contributed by atoms with Crippen LogP contribution in [-0.4, -0.2) is 158 Å². The fraction of sp³-hybridized carbons (Fsp3) is 0.370. The van der Waals surface area contributed by atoms with Gasteiger partial charge in [0.1, 0.15) is 11.6 Å². The van der Waals surface area contributed by atoms with Gasteiger partial charge < -0.3 is 55.5 Å². The molecule has 0 saturated carbocycles. The number of hydrogen-bond acceptors (Lipinski definition) is 13. The predicted octanol–water partition coefficient (Wildman–Crippen LogP) is 7.34. The SMILES string of the molecule is Nc1ccc(NCCN2CCOCC2)c2ccccc12.O=C(Nc1ccc(NCCN2CCOCC2)c2ccccc12)c1cc(F)cc(N2CCOCC2)c1.O=C(O)c1cc(F)cc(N2CCOCC2)c1. The van der Waals surface area contributed by atoms with Crippen molar-refractivity contribution in [1.29, 1.82) is 0 Å². The molecule has 4 aliphatic rings. The van der Waals surface area contributed by atoms with Crippen LogP contribution in [0.15, 0.2) is 109 Å². The molecule has 376 valence electrons. The van der Waals surface area contributed by atoms with Crippen LogP contribution >= 0.6 is 0 Å². The molecule has 0 unspecified atom stereocenters. The summed E-state index contributed by atoms with van der Waals surface area (Å²) in [6.45, 7) is 16.0. The Labute approximate surface area is 413 Å². The lowest BCUT2D eigenvalue weighted by Crippen LogP contribution is -2.39. The van der Waals surface area contributed by atoms with E-state index in [9.17, 15) is 18.4 Å². The molecule has 1 amide bonds. The van der Waals surface area contributed by atoms with Gasteiger partial charge in [-0.1, -0.05) is 48.5 Å². The number of carboxylic acid groups (broad SMARTS) is 1. The number of rotatable bonds is 13. The Bertz CT molecular complexity index is 2710. The van der Waals surface area contributed by atoms with Crippen LogP contribution in [0, 0.1) is 11.6 Å². The molecule has 4 heterocycles. The molecule has 6 N–H and O–H groups in total. The number of anilines is 6. The van der Waals surface area contributed by atoms with E-state index in [1.54, 1.807) is 6.07 Å². The van der Waals surface area contributed by atoms with E-state index in [0.29, 0.717) is 75.2 Å². The second-order valence-corrected chi connectivity index (χ2v) is 17.6. The molecule has 15 nitrogen and oxygen atoms in total. The maximum Gasteiger partial charge on any atom is 0.335 e. The van der Waals surface area contributed by atoms with Crippen LogP contribution in [0.1, 0.15) is 20.7 Å². The lowest BCUT2D eigenvalue weighted by Gasteiger charge is -2.29.